The minimum Gasteiger partial charge on any atom is -0.396 e. The van der Waals surface area contributed by atoms with Crippen molar-refractivity contribution in [2.24, 2.45) is 0 Å². The summed E-state index contributed by atoms with van der Waals surface area (Å²) in [6, 6.07) is 4.17. The van der Waals surface area contributed by atoms with Crippen molar-refractivity contribution in [1.82, 2.24) is 4.98 Å². The van der Waals surface area contributed by atoms with Gasteiger partial charge in [-0.25, -0.2) is 4.98 Å². The number of benzene rings is 1. The molecule has 2 aromatic rings. The summed E-state index contributed by atoms with van der Waals surface area (Å²) in [4.78, 5) is 3.25. The van der Waals surface area contributed by atoms with E-state index >= 15 is 0 Å². The topological polar surface area (TPSA) is 38.9 Å². The van der Waals surface area contributed by atoms with Crippen molar-refractivity contribution in [2.75, 3.05) is 5.73 Å². The van der Waals surface area contributed by atoms with Crippen LogP contribution in [0.3, 0.4) is 0 Å². The van der Waals surface area contributed by atoms with E-state index < -0.39 is 17.6 Å². The maximum absolute atomic E-state index is 12.8. The van der Waals surface area contributed by atoms with Crippen LogP contribution in [0, 0.1) is 0 Å². The largest absolute Gasteiger partial charge is 0.435 e. The summed E-state index contributed by atoms with van der Waals surface area (Å²) in [5.74, 6) is 0. The molecule has 0 atom stereocenters. The number of hydrogen-bond donors (Lipinski definition) is 1. The van der Waals surface area contributed by atoms with Gasteiger partial charge < -0.3 is 5.73 Å². The number of nitrogens with two attached hydrogens (primary N) is 1. The minimum absolute atomic E-state index is 0.0322. The molecule has 2 rings (SSSR count). The molecule has 1 aromatic heterocycles. The second-order valence-electron chi connectivity index (χ2n) is 3.84. The molecular formula is C12H6Cl3F3N2. The van der Waals surface area contributed by atoms with Gasteiger partial charge in [-0.1, -0.05) is 34.8 Å². The normalized spacial score (nSPS) is 11.7. The van der Waals surface area contributed by atoms with Gasteiger partial charge in [0.2, 0.25) is 0 Å². The quantitative estimate of drug-likeness (QED) is 0.714. The molecule has 0 amide bonds. The first-order chi connectivity index (χ1) is 9.23. The Hall–Kier alpha value is -1.17. The van der Waals surface area contributed by atoms with Gasteiger partial charge in [-0.05, 0) is 18.2 Å². The van der Waals surface area contributed by atoms with E-state index in [4.69, 9.17) is 40.5 Å². The summed E-state index contributed by atoms with van der Waals surface area (Å²) in [5.41, 5.74) is 3.98. The number of halogens is 6. The van der Waals surface area contributed by atoms with Gasteiger partial charge in [-0.3, -0.25) is 0 Å². The first-order valence-electron chi connectivity index (χ1n) is 5.19. The zero-order valence-electron chi connectivity index (χ0n) is 9.60. The molecule has 1 aromatic carbocycles. The second kappa shape index (κ2) is 5.31. The maximum atomic E-state index is 12.8. The smallest absolute Gasteiger partial charge is 0.396 e. The molecule has 0 saturated heterocycles. The van der Waals surface area contributed by atoms with Gasteiger partial charge in [0, 0.05) is 17.3 Å². The molecule has 8 heteroatoms. The maximum Gasteiger partial charge on any atom is 0.435 e. The van der Waals surface area contributed by atoms with E-state index in [9.17, 15) is 13.2 Å². The van der Waals surface area contributed by atoms with E-state index in [1.165, 1.54) is 18.2 Å². The number of nitrogen functional groups attached to an aromatic ring is 1. The van der Waals surface area contributed by atoms with Crippen LogP contribution in [-0.4, -0.2) is 4.98 Å². The molecule has 0 fully saturated rings. The highest BCUT2D eigenvalue weighted by atomic mass is 35.5. The van der Waals surface area contributed by atoms with Gasteiger partial charge >= 0.3 is 6.18 Å². The molecule has 2 nitrogen and oxygen atoms in total. The monoisotopic (exact) mass is 340 g/mol. The molecule has 0 aliphatic carbocycles. The zero-order valence-corrected chi connectivity index (χ0v) is 11.9. The molecule has 0 radical (unpaired) electrons. The molecular weight excluding hydrogens is 335 g/mol. The average Bonchev–Trinajstić information content (AvgIpc) is 2.35. The van der Waals surface area contributed by atoms with Crippen molar-refractivity contribution in [1.29, 1.82) is 0 Å². The van der Waals surface area contributed by atoms with Crippen LogP contribution in [0.1, 0.15) is 5.69 Å². The van der Waals surface area contributed by atoms with Crippen LogP contribution in [0.4, 0.5) is 18.9 Å². The van der Waals surface area contributed by atoms with Gasteiger partial charge in [-0.2, -0.15) is 13.2 Å². The van der Waals surface area contributed by atoms with Crippen LogP contribution in [0.15, 0.2) is 24.4 Å². The number of pyridine rings is 1. The Morgan fingerprint density at radius 1 is 1.00 bits per heavy atom. The molecule has 20 heavy (non-hydrogen) atoms. The molecule has 0 aliphatic rings. The van der Waals surface area contributed by atoms with Crippen LogP contribution in [0.5, 0.6) is 0 Å². The molecule has 0 unspecified atom stereocenters. The zero-order chi connectivity index (χ0) is 15.1. The average molecular weight is 342 g/mol. The van der Waals surface area contributed by atoms with E-state index in [0.717, 1.165) is 6.20 Å². The van der Waals surface area contributed by atoms with Crippen LogP contribution >= 0.6 is 34.8 Å². The van der Waals surface area contributed by atoms with E-state index in [1.54, 1.807) is 0 Å². The van der Waals surface area contributed by atoms with Crippen molar-refractivity contribution < 1.29 is 13.2 Å². The van der Waals surface area contributed by atoms with Gasteiger partial charge in [0.15, 0.2) is 5.69 Å². The van der Waals surface area contributed by atoms with Crippen LogP contribution in [0.25, 0.3) is 11.1 Å². The lowest BCUT2D eigenvalue weighted by Crippen LogP contribution is -2.12. The van der Waals surface area contributed by atoms with E-state index in [0.29, 0.717) is 0 Å². The van der Waals surface area contributed by atoms with Crippen molar-refractivity contribution >= 4 is 40.5 Å². The van der Waals surface area contributed by atoms with Crippen molar-refractivity contribution in [2.45, 2.75) is 6.18 Å². The minimum atomic E-state index is -4.67. The molecule has 0 bridgehead atoms. The van der Waals surface area contributed by atoms with Gasteiger partial charge in [-0.15, -0.1) is 0 Å². The summed E-state index contributed by atoms with van der Waals surface area (Å²) in [6.45, 7) is 0. The van der Waals surface area contributed by atoms with Gasteiger partial charge in [0.25, 0.3) is 0 Å². The highest BCUT2D eigenvalue weighted by Crippen LogP contribution is 2.44. The SMILES string of the molecule is Nc1c(-c2c(Cl)ccc(Cl)c2Cl)ccnc1C(F)(F)F. The van der Waals surface area contributed by atoms with Gasteiger partial charge in [0.1, 0.15) is 0 Å². The highest BCUT2D eigenvalue weighted by Gasteiger charge is 2.36. The summed E-state index contributed by atoms with van der Waals surface area (Å²) in [5, 5.41) is 0.339. The summed E-state index contributed by atoms with van der Waals surface area (Å²) in [6.07, 6.45) is -3.68. The molecule has 1 heterocycles. The fraction of sp³-hybridized carbons (Fsp3) is 0.0833. The third kappa shape index (κ3) is 2.66. The predicted molar refractivity (Wildman–Crippen MR) is 74.1 cm³/mol. The Morgan fingerprint density at radius 3 is 2.20 bits per heavy atom. The number of alkyl halides is 3. The predicted octanol–water partition coefficient (Wildman–Crippen LogP) is 5.31. The van der Waals surface area contributed by atoms with Gasteiger partial charge in [0.05, 0.1) is 20.8 Å². The Balaban J connectivity index is 2.76. The van der Waals surface area contributed by atoms with Crippen LogP contribution in [-0.2, 0) is 6.18 Å². The lowest BCUT2D eigenvalue weighted by Gasteiger charge is -2.15. The van der Waals surface area contributed by atoms with Crippen molar-refractivity contribution in [3.63, 3.8) is 0 Å². The summed E-state index contributed by atoms with van der Waals surface area (Å²) < 4.78 is 38.4. The Labute approximate surface area is 127 Å². The number of rotatable bonds is 1. The molecule has 0 aliphatic heterocycles. The third-order valence-electron chi connectivity index (χ3n) is 2.57. The second-order valence-corrected chi connectivity index (χ2v) is 5.03. The summed E-state index contributed by atoms with van der Waals surface area (Å²) in [7, 11) is 0. The van der Waals surface area contributed by atoms with E-state index in [2.05, 4.69) is 4.98 Å². The fourth-order valence-electron chi connectivity index (χ4n) is 1.69. The lowest BCUT2D eigenvalue weighted by atomic mass is 10.0. The standard InChI is InChI=1S/C12H6Cl3F3N2/c13-6-1-2-7(14)9(15)8(6)5-3-4-20-11(10(5)19)12(16,17)18/h1-4H,19H2. The Morgan fingerprint density at radius 2 is 1.60 bits per heavy atom. The van der Waals surface area contributed by atoms with Crippen molar-refractivity contribution in [3.8, 4) is 11.1 Å². The first-order valence-corrected chi connectivity index (χ1v) is 6.32. The molecule has 0 saturated carbocycles. The fourth-order valence-corrected chi connectivity index (χ4v) is 2.42. The van der Waals surface area contributed by atoms with Crippen molar-refractivity contribution in [3.05, 3.63) is 45.2 Å². The molecule has 106 valence electrons. The Bertz CT molecular complexity index is 672. The summed E-state index contributed by atoms with van der Waals surface area (Å²) >= 11 is 17.8. The Kier molecular flexibility index (Phi) is 4.04. The first kappa shape index (κ1) is 15.2. The van der Waals surface area contributed by atoms with Crippen LogP contribution < -0.4 is 5.73 Å². The molecule has 0 spiro atoms. The number of aromatic nitrogens is 1. The number of hydrogen-bond acceptors (Lipinski definition) is 2. The third-order valence-corrected chi connectivity index (χ3v) is 3.69. The molecule has 2 N–H and O–H groups in total. The van der Waals surface area contributed by atoms with E-state index in [-0.39, 0.29) is 26.2 Å². The van der Waals surface area contributed by atoms with E-state index in [1.807, 2.05) is 0 Å². The van der Waals surface area contributed by atoms with Crippen LogP contribution in [0.2, 0.25) is 15.1 Å². The number of anilines is 1. The lowest BCUT2D eigenvalue weighted by molar-refractivity contribution is -0.140. The highest BCUT2D eigenvalue weighted by molar-refractivity contribution is 6.46. The number of nitrogens with zero attached hydrogens (tertiary/aromatic N) is 1.